The number of nitrogens with two attached hydrogens (primary N) is 2. The van der Waals surface area contributed by atoms with Crippen molar-refractivity contribution in [2.24, 2.45) is 0 Å². The third-order valence-corrected chi connectivity index (χ3v) is 3.08. The van der Waals surface area contributed by atoms with E-state index in [0.717, 1.165) is 22.0 Å². The Balaban J connectivity index is 2.44. The lowest BCUT2D eigenvalue weighted by molar-refractivity contribution is -0.170. The molecule has 0 fully saturated rings. The summed E-state index contributed by atoms with van der Waals surface area (Å²) in [6, 6.07) is 18.0. The third kappa shape index (κ3) is 1.57. The molecule has 1 aromatic heterocycles. The molecule has 3 rings (SSSR count). The van der Waals surface area contributed by atoms with E-state index in [9.17, 15) is 0 Å². The van der Waals surface area contributed by atoms with Crippen molar-refractivity contribution in [3.8, 4) is 11.1 Å². The normalized spacial score (nSPS) is 10.7. The molecule has 3 heteroatoms. The van der Waals surface area contributed by atoms with Crippen LogP contribution in [0.4, 0.5) is 0 Å². The van der Waals surface area contributed by atoms with E-state index in [-0.39, 0.29) is 0 Å². The topological polar surface area (TPSA) is 56.5 Å². The summed E-state index contributed by atoms with van der Waals surface area (Å²) in [5.74, 6) is 6.01. The molecule has 18 heavy (non-hydrogen) atoms. The van der Waals surface area contributed by atoms with Crippen molar-refractivity contribution in [3.63, 3.8) is 0 Å². The molecule has 0 bridgehead atoms. The molecule has 4 N–H and O–H groups in total. The lowest BCUT2D eigenvalue weighted by atomic mass is 10.1. The molecule has 3 aromatic rings. The maximum absolute atomic E-state index is 6.03. The second-order valence-electron chi connectivity index (χ2n) is 4.25. The standard InChI is InChI=1S/C15H13N3/c16-14-9-5-4-8-12-13(10-18(17)15(12)14)11-6-2-1-3-7-11/h1-10,16H,17H2/p+1. The predicted molar refractivity (Wildman–Crippen MR) is 72.6 cm³/mol. The molecule has 0 radical (unpaired) electrons. The van der Waals surface area contributed by atoms with E-state index in [1.165, 1.54) is 0 Å². The summed E-state index contributed by atoms with van der Waals surface area (Å²) in [4.78, 5) is 0. The number of fused-ring (bicyclic) bond motifs is 1. The van der Waals surface area contributed by atoms with Gasteiger partial charge in [0, 0.05) is 23.2 Å². The first-order valence-corrected chi connectivity index (χ1v) is 5.81. The first-order valence-electron chi connectivity index (χ1n) is 5.81. The van der Waals surface area contributed by atoms with Gasteiger partial charge in [-0.3, -0.25) is 10.1 Å². The van der Waals surface area contributed by atoms with Crippen LogP contribution in [0.15, 0.2) is 60.8 Å². The summed E-state index contributed by atoms with van der Waals surface area (Å²) in [6.07, 6.45) is 1.91. The molecule has 0 spiro atoms. The average Bonchev–Trinajstić information content (AvgIpc) is 2.59. The molecular weight excluding hydrogens is 222 g/mol. The van der Waals surface area contributed by atoms with Gasteiger partial charge in [-0.1, -0.05) is 48.5 Å². The monoisotopic (exact) mass is 236 g/mol. The van der Waals surface area contributed by atoms with Crippen LogP contribution in [-0.2, 0) is 0 Å². The van der Waals surface area contributed by atoms with Gasteiger partial charge in [0.1, 0.15) is 5.52 Å². The van der Waals surface area contributed by atoms with Gasteiger partial charge in [-0.05, 0) is 5.56 Å². The molecule has 0 atom stereocenters. The van der Waals surface area contributed by atoms with Crippen molar-refractivity contribution in [1.29, 1.82) is 0 Å². The van der Waals surface area contributed by atoms with Gasteiger partial charge in [-0.15, -0.1) is 0 Å². The maximum Gasteiger partial charge on any atom is 0.223 e. The van der Waals surface area contributed by atoms with Gasteiger partial charge in [0.05, 0.1) is 0 Å². The molecule has 0 unspecified atom stereocenters. The van der Waals surface area contributed by atoms with Crippen molar-refractivity contribution < 1.29 is 5.41 Å². The SMILES string of the molecule is Nn1cc(-c2ccccc2)c2ccccc(=[NH2+])c21. The second-order valence-corrected chi connectivity index (χ2v) is 4.25. The van der Waals surface area contributed by atoms with E-state index in [4.69, 9.17) is 11.3 Å². The highest BCUT2D eigenvalue weighted by atomic mass is 15.3. The Morgan fingerprint density at radius 2 is 1.56 bits per heavy atom. The minimum absolute atomic E-state index is 0.680. The largest absolute Gasteiger partial charge is 0.339 e. The smallest absolute Gasteiger partial charge is 0.223 e. The summed E-state index contributed by atoms with van der Waals surface area (Å²) in [7, 11) is 0. The molecular formula is C15H14N3+. The average molecular weight is 236 g/mol. The van der Waals surface area contributed by atoms with E-state index >= 15 is 0 Å². The molecule has 0 aliphatic rings. The van der Waals surface area contributed by atoms with Gasteiger partial charge in [-0.25, -0.2) is 0 Å². The summed E-state index contributed by atoms with van der Waals surface area (Å²) in [6.45, 7) is 0. The van der Waals surface area contributed by atoms with Crippen LogP contribution in [0.5, 0.6) is 0 Å². The zero-order chi connectivity index (χ0) is 12.5. The van der Waals surface area contributed by atoms with E-state index in [1.54, 1.807) is 4.68 Å². The van der Waals surface area contributed by atoms with E-state index in [0.29, 0.717) is 5.36 Å². The maximum atomic E-state index is 6.03. The predicted octanol–water partition coefficient (Wildman–Crippen LogP) is 0.682. The van der Waals surface area contributed by atoms with Crippen LogP contribution in [0, 0.1) is 0 Å². The minimum atomic E-state index is 0.680. The molecule has 0 saturated heterocycles. The van der Waals surface area contributed by atoms with Crippen LogP contribution in [0.1, 0.15) is 0 Å². The number of benzene rings is 1. The van der Waals surface area contributed by atoms with Crippen molar-refractivity contribution in [3.05, 3.63) is 66.2 Å². The van der Waals surface area contributed by atoms with Gasteiger partial charge in [0.15, 0.2) is 0 Å². The zero-order valence-electron chi connectivity index (χ0n) is 9.88. The van der Waals surface area contributed by atoms with Crippen LogP contribution in [0.2, 0.25) is 0 Å². The highest BCUT2D eigenvalue weighted by Crippen LogP contribution is 2.27. The summed E-state index contributed by atoms with van der Waals surface area (Å²) in [5.41, 5.74) is 3.09. The number of nitrogens with zero attached hydrogens (tertiary/aromatic N) is 1. The Labute approximate surface area is 105 Å². The van der Waals surface area contributed by atoms with Gasteiger partial charge in [-0.2, -0.15) is 0 Å². The first-order chi connectivity index (χ1) is 8.77. The summed E-state index contributed by atoms with van der Waals surface area (Å²) in [5, 5.41) is 7.77. The highest BCUT2D eigenvalue weighted by Gasteiger charge is 2.10. The molecule has 3 nitrogen and oxygen atoms in total. The van der Waals surface area contributed by atoms with Gasteiger partial charge in [0.2, 0.25) is 5.36 Å². The molecule has 88 valence electrons. The number of hydrogen-bond acceptors (Lipinski definition) is 1. The lowest BCUT2D eigenvalue weighted by Gasteiger charge is -1.96. The van der Waals surface area contributed by atoms with Crippen LogP contribution < -0.4 is 16.6 Å². The molecule has 0 aliphatic heterocycles. The Morgan fingerprint density at radius 1 is 0.889 bits per heavy atom. The van der Waals surface area contributed by atoms with Crippen LogP contribution in [0.3, 0.4) is 0 Å². The number of nitrogen functional groups attached to an aromatic ring is 1. The Bertz CT molecular complexity index is 758. The minimum Gasteiger partial charge on any atom is -0.339 e. The quantitative estimate of drug-likeness (QED) is 0.600. The molecule has 0 saturated carbocycles. The third-order valence-electron chi connectivity index (χ3n) is 3.08. The Morgan fingerprint density at radius 3 is 2.33 bits per heavy atom. The molecule has 2 aromatic carbocycles. The van der Waals surface area contributed by atoms with Crippen LogP contribution in [-0.4, -0.2) is 4.68 Å². The van der Waals surface area contributed by atoms with Crippen LogP contribution >= 0.6 is 0 Å². The Kier molecular flexibility index (Phi) is 2.38. The van der Waals surface area contributed by atoms with Crippen molar-refractivity contribution >= 4 is 10.9 Å². The number of hydrogen-bond donors (Lipinski definition) is 2. The van der Waals surface area contributed by atoms with E-state index in [1.807, 2.05) is 48.7 Å². The fourth-order valence-corrected chi connectivity index (χ4v) is 2.25. The Hall–Kier alpha value is -2.55. The molecule has 1 heterocycles. The lowest BCUT2D eigenvalue weighted by Crippen LogP contribution is -2.45. The summed E-state index contributed by atoms with van der Waals surface area (Å²) >= 11 is 0. The second kappa shape index (κ2) is 4.04. The highest BCUT2D eigenvalue weighted by molar-refractivity contribution is 5.95. The molecule has 0 aliphatic carbocycles. The summed E-state index contributed by atoms with van der Waals surface area (Å²) < 4.78 is 1.59. The zero-order valence-corrected chi connectivity index (χ0v) is 9.88. The number of aromatic nitrogens is 1. The fraction of sp³-hybridized carbons (Fsp3) is 0. The van der Waals surface area contributed by atoms with Crippen molar-refractivity contribution in [2.75, 3.05) is 5.84 Å². The first kappa shape index (κ1) is 10.6. The van der Waals surface area contributed by atoms with E-state index < -0.39 is 0 Å². The van der Waals surface area contributed by atoms with E-state index in [2.05, 4.69) is 12.1 Å². The van der Waals surface area contributed by atoms with Gasteiger partial charge < -0.3 is 5.84 Å². The van der Waals surface area contributed by atoms with Gasteiger partial charge in [0.25, 0.3) is 0 Å². The van der Waals surface area contributed by atoms with Crippen molar-refractivity contribution in [1.82, 2.24) is 4.68 Å². The van der Waals surface area contributed by atoms with Crippen LogP contribution in [0.25, 0.3) is 22.0 Å². The van der Waals surface area contributed by atoms with Crippen molar-refractivity contribution in [2.45, 2.75) is 0 Å². The van der Waals surface area contributed by atoms with Gasteiger partial charge >= 0.3 is 0 Å². The molecule has 0 amide bonds. The number of rotatable bonds is 1. The fourth-order valence-electron chi connectivity index (χ4n) is 2.25.